The molecule has 8 heteroatoms. The molecule has 30 heavy (non-hydrogen) atoms. The molecule has 0 unspecified atom stereocenters. The third kappa shape index (κ3) is 2.93. The first kappa shape index (κ1) is 18.1. The van der Waals surface area contributed by atoms with Gasteiger partial charge in [0.2, 0.25) is 0 Å². The fourth-order valence-electron chi connectivity index (χ4n) is 3.80. The molecule has 0 aliphatic rings. The monoisotopic (exact) mass is 399 g/mol. The van der Waals surface area contributed by atoms with Crippen molar-refractivity contribution in [1.29, 1.82) is 0 Å². The van der Waals surface area contributed by atoms with Crippen molar-refractivity contribution in [2.24, 2.45) is 7.05 Å². The van der Waals surface area contributed by atoms with Crippen molar-refractivity contribution in [2.45, 2.75) is 13.0 Å². The van der Waals surface area contributed by atoms with Crippen molar-refractivity contribution in [3.05, 3.63) is 90.2 Å². The van der Waals surface area contributed by atoms with E-state index in [0.717, 1.165) is 22.8 Å². The Morgan fingerprint density at radius 2 is 1.63 bits per heavy atom. The molecule has 4 aromatic heterocycles. The summed E-state index contributed by atoms with van der Waals surface area (Å²) in [5, 5.41) is 8.14. The van der Waals surface area contributed by atoms with Crippen LogP contribution in [0, 0.1) is 12.7 Å². The van der Waals surface area contributed by atoms with E-state index in [2.05, 4.69) is 25.3 Å². The van der Waals surface area contributed by atoms with Crippen molar-refractivity contribution >= 4 is 11.0 Å². The highest BCUT2D eigenvalue weighted by Crippen LogP contribution is 2.32. The smallest absolute Gasteiger partial charge is 0.151 e. The van der Waals surface area contributed by atoms with Crippen LogP contribution < -0.4 is 0 Å². The minimum Gasteiger partial charge on any atom is -0.315 e. The lowest BCUT2D eigenvalue weighted by Gasteiger charge is -2.19. The summed E-state index contributed by atoms with van der Waals surface area (Å²) >= 11 is 0. The number of pyridine rings is 2. The summed E-state index contributed by atoms with van der Waals surface area (Å²) in [6.07, 6.45) is 5.11. The number of nitrogens with zero attached hydrogens (tertiary/aromatic N) is 7. The Morgan fingerprint density at radius 1 is 0.933 bits per heavy atom. The zero-order chi connectivity index (χ0) is 20.7. The third-order valence-corrected chi connectivity index (χ3v) is 5.12. The summed E-state index contributed by atoms with van der Waals surface area (Å²) in [6, 6.07) is 14.5. The molecule has 148 valence electrons. The third-order valence-electron chi connectivity index (χ3n) is 5.12. The molecule has 0 saturated carbocycles. The standard InChI is InChI=1S/C22H18FN7/c1-14-21(29(2)28-27-14)15-11-16(23)20-19(12-15)30(13-26-20)22(17-7-3-5-9-24-17)18-8-4-6-10-25-18/h3-13,22H,1-2H3. The van der Waals surface area contributed by atoms with Crippen LogP contribution in [0.25, 0.3) is 22.3 Å². The van der Waals surface area contributed by atoms with E-state index in [-0.39, 0.29) is 6.04 Å². The molecule has 0 aliphatic carbocycles. The molecule has 0 spiro atoms. The number of fused-ring (bicyclic) bond motifs is 1. The molecule has 0 fully saturated rings. The minimum atomic E-state index is -0.400. The number of halogens is 1. The van der Waals surface area contributed by atoms with Crippen molar-refractivity contribution in [3.8, 4) is 11.3 Å². The van der Waals surface area contributed by atoms with Crippen LogP contribution in [0.2, 0.25) is 0 Å². The molecule has 0 aliphatic heterocycles. The van der Waals surface area contributed by atoms with Gasteiger partial charge in [-0.1, -0.05) is 17.3 Å². The number of aromatic nitrogens is 7. The molecule has 0 saturated heterocycles. The molecule has 0 bridgehead atoms. The lowest BCUT2D eigenvalue weighted by atomic mass is 10.1. The topological polar surface area (TPSA) is 74.3 Å². The Balaban J connectivity index is 1.77. The average molecular weight is 399 g/mol. The normalized spacial score (nSPS) is 11.5. The number of imidazole rings is 1. The zero-order valence-electron chi connectivity index (χ0n) is 16.4. The van der Waals surface area contributed by atoms with E-state index in [4.69, 9.17) is 0 Å². The first-order valence-corrected chi connectivity index (χ1v) is 9.48. The van der Waals surface area contributed by atoms with E-state index in [1.54, 1.807) is 30.5 Å². The summed E-state index contributed by atoms with van der Waals surface area (Å²) < 4.78 is 18.6. The molecule has 1 aromatic carbocycles. The molecule has 0 N–H and O–H groups in total. The molecule has 0 atom stereocenters. The van der Waals surface area contributed by atoms with E-state index >= 15 is 4.39 Å². The second-order valence-corrected chi connectivity index (χ2v) is 7.04. The average Bonchev–Trinajstić information content (AvgIpc) is 3.33. The van der Waals surface area contributed by atoms with Crippen LogP contribution >= 0.6 is 0 Å². The number of hydrogen-bond acceptors (Lipinski definition) is 5. The lowest BCUT2D eigenvalue weighted by Crippen LogP contribution is -2.14. The maximum atomic E-state index is 15.0. The molecule has 5 aromatic rings. The van der Waals surface area contributed by atoms with Gasteiger partial charge in [-0.2, -0.15) is 0 Å². The Labute approximate surface area is 171 Å². The van der Waals surface area contributed by atoms with Gasteiger partial charge in [0.25, 0.3) is 0 Å². The summed E-state index contributed by atoms with van der Waals surface area (Å²) in [4.78, 5) is 13.4. The van der Waals surface area contributed by atoms with E-state index in [1.165, 1.54) is 6.07 Å². The van der Waals surface area contributed by atoms with Crippen LogP contribution in [0.1, 0.15) is 23.1 Å². The fraction of sp³-hybridized carbons (Fsp3) is 0.136. The highest BCUT2D eigenvalue weighted by Gasteiger charge is 2.23. The van der Waals surface area contributed by atoms with Gasteiger partial charge in [-0.05, 0) is 43.3 Å². The van der Waals surface area contributed by atoms with E-state index < -0.39 is 5.82 Å². The first-order valence-electron chi connectivity index (χ1n) is 9.48. The Bertz CT molecular complexity index is 1270. The second kappa shape index (κ2) is 7.14. The molecular formula is C22H18FN7. The van der Waals surface area contributed by atoms with Gasteiger partial charge in [-0.25, -0.2) is 14.1 Å². The van der Waals surface area contributed by atoms with Crippen LogP contribution in [-0.4, -0.2) is 34.5 Å². The highest BCUT2D eigenvalue weighted by molar-refractivity contribution is 5.83. The summed E-state index contributed by atoms with van der Waals surface area (Å²) in [6.45, 7) is 1.85. The summed E-state index contributed by atoms with van der Waals surface area (Å²) in [5.41, 5.74) is 4.70. The van der Waals surface area contributed by atoms with Gasteiger partial charge < -0.3 is 4.57 Å². The van der Waals surface area contributed by atoms with Crippen LogP contribution in [0.4, 0.5) is 4.39 Å². The van der Waals surface area contributed by atoms with Crippen LogP contribution in [0.3, 0.4) is 0 Å². The number of aryl methyl sites for hydroxylation is 2. The Kier molecular flexibility index (Phi) is 4.31. The number of benzene rings is 1. The molecule has 5 rings (SSSR count). The molecular weight excluding hydrogens is 381 g/mol. The largest absolute Gasteiger partial charge is 0.315 e. The maximum Gasteiger partial charge on any atom is 0.151 e. The SMILES string of the molecule is Cc1nnn(C)c1-c1cc(F)c2ncn(C(c3ccccn3)c3ccccn3)c2c1. The van der Waals surface area contributed by atoms with E-state index in [1.807, 2.05) is 54.0 Å². The number of rotatable bonds is 4. The van der Waals surface area contributed by atoms with Crippen molar-refractivity contribution < 1.29 is 4.39 Å². The van der Waals surface area contributed by atoms with E-state index in [9.17, 15) is 0 Å². The minimum absolute atomic E-state index is 0.295. The van der Waals surface area contributed by atoms with Gasteiger partial charge in [0.1, 0.15) is 11.6 Å². The predicted molar refractivity (Wildman–Crippen MR) is 110 cm³/mol. The summed E-state index contributed by atoms with van der Waals surface area (Å²) in [5.74, 6) is -0.400. The highest BCUT2D eigenvalue weighted by atomic mass is 19.1. The van der Waals surface area contributed by atoms with Crippen molar-refractivity contribution in [1.82, 2.24) is 34.5 Å². The number of hydrogen-bond donors (Lipinski definition) is 0. The molecule has 7 nitrogen and oxygen atoms in total. The maximum absolute atomic E-state index is 15.0. The second-order valence-electron chi connectivity index (χ2n) is 7.04. The summed E-state index contributed by atoms with van der Waals surface area (Å²) in [7, 11) is 1.79. The Hall–Kier alpha value is -3.94. The Morgan fingerprint density at radius 3 is 2.20 bits per heavy atom. The quantitative estimate of drug-likeness (QED) is 0.461. The van der Waals surface area contributed by atoms with Crippen molar-refractivity contribution in [2.75, 3.05) is 0 Å². The van der Waals surface area contributed by atoms with Gasteiger partial charge in [-0.3, -0.25) is 9.97 Å². The van der Waals surface area contributed by atoms with Gasteiger partial charge in [0.15, 0.2) is 5.82 Å². The van der Waals surface area contributed by atoms with Crippen LogP contribution in [-0.2, 0) is 7.05 Å². The zero-order valence-corrected chi connectivity index (χ0v) is 16.4. The van der Waals surface area contributed by atoms with Gasteiger partial charge >= 0.3 is 0 Å². The predicted octanol–water partition coefficient (Wildman–Crippen LogP) is 3.71. The van der Waals surface area contributed by atoms with Gasteiger partial charge in [-0.15, -0.1) is 5.10 Å². The van der Waals surface area contributed by atoms with Crippen LogP contribution in [0.15, 0.2) is 67.3 Å². The first-order chi connectivity index (χ1) is 14.6. The fourth-order valence-corrected chi connectivity index (χ4v) is 3.80. The molecule has 0 radical (unpaired) electrons. The van der Waals surface area contributed by atoms with Crippen LogP contribution in [0.5, 0.6) is 0 Å². The van der Waals surface area contributed by atoms with Gasteiger partial charge in [0, 0.05) is 25.0 Å². The van der Waals surface area contributed by atoms with Crippen molar-refractivity contribution in [3.63, 3.8) is 0 Å². The molecule has 4 heterocycles. The van der Waals surface area contributed by atoms with E-state index in [0.29, 0.717) is 16.6 Å². The lowest BCUT2D eigenvalue weighted by molar-refractivity contribution is 0.636. The molecule has 0 amide bonds. The van der Waals surface area contributed by atoms with Gasteiger partial charge in [0.05, 0.1) is 34.6 Å².